The molecule has 0 fully saturated rings. The van der Waals surface area contributed by atoms with Gasteiger partial charge in [-0.2, -0.15) is 11.8 Å². The molecule has 2 unspecified atom stereocenters. The second kappa shape index (κ2) is 6.77. The van der Waals surface area contributed by atoms with Crippen molar-refractivity contribution in [2.45, 2.75) is 46.2 Å². The van der Waals surface area contributed by atoms with Crippen LogP contribution in [0.3, 0.4) is 0 Å². The Labute approximate surface area is 100.0 Å². The highest BCUT2D eigenvalue weighted by Gasteiger charge is 2.23. The van der Waals surface area contributed by atoms with Crippen molar-refractivity contribution in [1.82, 2.24) is 4.90 Å². The van der Waals surface area contributed by atoms with Gasteiger partial charge in [0.05, 0.1) is 0 Å². The molecule has 0 radical (unpaired) electrons. The lowest BCUT2D eigenvalue weighted by Gasteiger charge is -2.33. The van der Waals surface area contributed by atoms with Crippen molar-refractivity contribution in [3.8, 4) is 0 Å². The zero-order chi connectivity index (χ0) is 12.1. The first-order valence-electron chi connectivity index (χ1n) is 5.73. The summed E-state index contributed by atoms with van der Waals surface area (Å²) in [5.41, 5.74) is 6.37. The van der Waals surface area contributed by atoms with E-state index in [-0.39, 0.29) is 11.5 Å². The van der Waals surface area contributed by atoms with Crippen molar-refractivity contribution in [2.75, 3.05) is 25.6 Å². The molecule has 15 heavy (non-hydrogen) atoms. The summed E-state index contributed by atoms with van der Waals surface area (Å²) in [6.07, 6.45) is 3.40. The van der Waals surface area contributed by atoms with E-state index in [1.165, 1.54) is 12.2 Å². The average molecular weight is 232 g/mol. The second-order valence-corrected chi connectivity index (χ2v) is 6.53. The van der Waals surface area contributed by atoms with Crippen LogP contribution in [0.4, 0.5) is 0 Å². The lowest BCUT2D eigenvalue weighted by atomic mass is 9.87. The summed E-state index contributed by atoms with van der Waals surface area (Å²) >= 11 is 1.91. The molecule has 3 heteroatoms. The molecule has 2 nitrogen and oxygen atoms in total. The minimum Gasteiger partial charge on any atom is -0.326 e. The quantitative estimate of drug-likeness (QED) is 0.763. The van der Waals surface area contributed by atoms with E-state index in [1.807, 2.05) is 11.8 Å². The molecule has 0 aliphatic heterocycles. The van der Waals surface area contributed by atoms with Gasteiger partial charge in [-0.05, 0) is 37.8 Å². The monoisotopic (exact) mass is 232 g/mol. The largest absolute Gasteiger partial charge is 0.326 e. The van der Waals surface area contributed by atoms with Crippen molar-refractivity contribution in [3.63, 3.8) is 0 Å². The molecule has 0 bridgehead atoms. The molecular weight excluding hydrogens is 204 g/mol. The van der Waals surface area contributed by atoms with Crippen molar-refractivity contribution < 1.29 is 0 Å². The predicted molar refractivity (Wildman–Crippen MR) is 72.5 cm³/mol. The maximum absolute atomic E-state index is 6.17. The molecule has 0 aromatic heterocycles. The molecule has 92 valence electrons. The second-order valence-electron chi connectivity index (χ2n) is 5.54. The summed E-state index contributed by atoms with van der Waals surface area (Å²) in [7, 11) is 2.18. The Balaban J connectivity index is 3.95. The Kier molecular flexibility index (Phi) is 6.89. The minimum atomic E-state index is 0.202. The molecule has 2 N–H and O–H groups in total. The maximum Gasteiger partial charge on any atom is 0.0217 e. The van der Waals surface area contributed by atoms with Gasteiger partial charge in [-0.15, -0.1) is 0 Å². The maximum atomic E-state index is 6.17. The van der Waals surface area contributed by atoms with E-state index in [9.17, 15) is 0 Å². The van der Waals surface area contributed by atoms with Gasteiger partial charge in [0, 0.05) is 18.6 Å². The summed E-state index contributed by atoms with van der Waals surface area (Å²) in [6, 6.07) is 0.880. The number of thioether (sulfide) groups is 1. The first-order chi connectivity index (χ1) is 6.79. The number of hydrogen-bond acceptors (Lipinski definition) is 3. The van der Waals surface area contributed by atoms with Gasteiger partial charge in [-0.3, -0.25) is 0 Å². The zero-order valence-electron chi connectivity index (χ0n) is 11.2. The standard InChI is InChI=1S/C12H28N2S/c1-10(7-8-15-6)14(5)9-11(13)12(2,3)4/h10-11H,7-9,13H2,1-6H3. The molecule has 0 saturated carbocycles. The van der Waals surface area contributed by atoms with Crippen LogP contribution in [-0.4, -0.2) is 42.6 Å². The Hall–Kier alpha value is 0.270. The number of nitrogens with two attached hydrogens (primary N) is 1. The fourth-order valence-corrected chi connectivity index (χ4v) is 1.85. The first-order valence-corrected chi connectivity index (χ1v) is 7.13. The highest BCUT2D eigenvalue weighted by atomic mass is 32.2. The summed E-state index contributed by atoms with van der Waals surface area (Å²) in [6.45, 7) is 9.89. The molecule has 0 saturated heterocycles. The van der Waals surface area contributed by atoms with Crippen LogP contribution in [-0.2, 0) is 0 Å². The normalized spacial score (nSPS) is 16.8. The predicted octanol–water partition coefficient (Wildman–Crippen LogP) is 2.43. The summed E-state index contributed by atoms with van der Waals surface area (Å²) in [5, 5.41) is 0. The van der Waals surface area contributed by atoms with Crippen LogP contribution in [0.25, 0.3) is 0 Å². The van der Waals surface area contributed by atoms with Gasteiger partial charge in [0.15, 0.2) is 0 Å². The lowest BCUT2D eigenvalue weighted by Crippen LogP contribution is -2.46. The van der Waals surface area contributed by atoms with E-state index >= 15 is 0 Å². The van der Waals surface area contributed by atoms with E-state index in [0.29, 0.717) is 6.04 Å². The van der Waals surface area contributed by atoms with Gasteiger partial charge < -0.3 is 10.6 Å². The van der Waals surface area contributed by atoms with E-state index in [1.54, 1.807) is 0 Å². The van der Waals surface area contributed by atoms with Crippen LogP contribution in [0.1, 0.15) is 34.1 Å². The van der Waals surface area contributed by atoms with Crippen LogP contribution in [0.15, 0.2) is 0 Å². The number of rotatable bonds is 6. The molecule has 2 atom stereocenters. The molecule has 0 spiro atoms. The Morgan fingerprint density at radius 3 is 2.27 bits per heavy atom. The topological polar surface area (TPSA) is 29.3 Å². The highest BCUT2D eigenvalue weighted by molar-refractivity contribution is 7.98. The molecule has 0 amide bonds. The average Bonchev–Trinajstić information content (AvgIpc) is 2.12. The van der Waals surface area contributed by atoms with Gasteiger partial charge in [0.2, 0.25) is 0 Å². The number of nitrogens with zero attached hydrogens (tertiary/aromatic N) is 1. The third-order valence-electron chi connectivity index (χ3n) is 3.09. The molecule has 0 heterocycles. The van der Waals surface area contributed by atoms with E-state index in [2.05, 4.69) is 45.9 Å². The molecule has 0 rings (SSSR count). The third kappa shape index (κ3) is 6.44. The number of likely N-dealkylation sites (N-methyl/N-ethyl adjacent to an activating group) is 1. The van der Waals surface area contributed by atoms with Gasteiger partial charge in [-0.25, -0.2) is 0 Å². The highest BCUT2D eigenvalue weighted by Crippen LogP contribution is 2.18. The van der Waals surface area contributed by atoms with Crippen LogP contribution in [0.2, 0.25) is 0 Å². The zero-order valence-corrected chi connectivity index (χ0v) is 12.0. The van der Waals surface area contributed by atoms with Crippen molar-refractivity contribution >= 4 is 11.8 Å². The molecule has 0 aliphatic carbocycles. The Morgan fingerprint density at radius 1 is 1.33 bits per heavy atom. The molecule has 0 aromatic carbocycles. The SMILES string of the molecule is CSCCC(C)N(C)CC(N)C(C)(C)C. The molecule has 0 aliphatic rings. The van der Waals surface area contributed by atoms with Crippen molar-refractivity contribution in [1.29, 1.82) is 0 Å². The number of hydrogen-bond donors (Lipinski definition) is 1. The smallest absolute Gasteiger partial charge is 0.0217 e. The van der Waals surface area contributed by atoms with Gasteiger partial charge in [0.25, 0.3) is 0 Å². The third-order valence-corrected chi connectivity index (χ3v) is 3.73. The van der Waals surface area contributed by atoms with Gasteiger partial charge in [0.1, 0.15) is 0 Å². The lowest BCUT2D eigenvalue weighted by molar-refractivity contribution is 0.188. The summed E-state index contributed by atoms with van der Waals surface area (Å²) in [4.78, 5) is 2.38. The van der Waals surface area contributed by atoms with Crippen LogP contribution in [0.5, 0.6) is 0 Å². The summed E-state index contributed by atoms with van der Waals surface area (Å²) < 4.78 is 0. The van der Waals surface area contributed by atoms with E-state index in [0.717, 1.165) is 6.54 Å². The van der Waals surface area contributed by atoms with Gasteiger partial charge >= 0.3 is 0 Å². The fraction of sp³-hybridized carbons (Fsp3) is 1.00. The Bertz CT molecular complexity index is 165. The molecule has 0 aromatic rings. The first kappa shape index (κ1) is 15.3. The van der Waals surface area contributed by atoms with Crippen molar-refractivity contribution in [3.05, 3.63) is 0 Å². The minimum absolute atomic E-state index is 0.202. The van der Waals surface area contributed by atoms with E-state index in [4.69, 9.17) is 5.73 Å². The molecular formula is C12H28N2S. The fourth-order valence-electron chi connectivity index (χ4n) is 1.27. The van der Waals surface area contributed by atoms with Crippen LogP contribution >= 0.6 is 11.8 Å². The summed E-state index contributed by atoms with van der Waals surface area (Å²) in [5.74, 6) is 1.23. The van der Waals surface area contributed by atoms with Crippen LogP contribution in [0, 0.1) is 5.41 Å². The van der Waals surface area contributed by atoms with Gasteiger partial charge in [-0.1, -0.05) is 20.8 Å². The van der Waals surface area contributed by atoms with Crippen LogP contribution < -0.4 is 5.73 Å². The van der Waals surface area contributed by atoms with Crippen molar-refractivity contribution in [2.24, 2.45) is 11.1 Å². The Morgan fingerprint density at radius 2 is 1.87 bits per heavy atom. The van der Waals surface area contributed by atoms with E-state index < -0.39 is 0 Å².